The second-order valence-corrected chi connectivity index (χ2v) is 4.07. The molecule has 1 aromatic heterocycles. The Morgan fingerprint density at radius 1 is 1.67 bits per heavy atom. The van der Waals surface area contributed by atoms with Crippen LogP contribution in [0.5, 0.6) is 0 Å². The van der Waals surface area contributed by atoms with Gasteiger partial charge in [0.2, 0.25) is 10.0 Å². The number of hydrogen-bond donors (Lipinski definition) is 1. The van der Waals surface area contributed by atoms with Crippen LogP contribution in [0.3, 0.4) is 0 Å². The molecule has 1 N–H and O–H groups in total. The van der Waals surface area contributed by atoms with Crippen LogP contribution in [0.2, 0.25) is 0 Å². The molecular weight excluding hydrogens is 178 g/mol. The Kier molecular flexibility index (Phi) is 2.72. The first-order valence-electron chi connectivity index (χ1n) is 3.20. The number of hydrogen-bond acceptors (Lipinski definition) is 4. The molecule has 12 heavy (non-hydrogen) atoms. The molecule has 1 aromatic rings. The van der Waals surface area contributed by atoms with E-state index >= 15 is 0 Å². The first-order valence-corrected chi connectivity index (χ1v) is 5.10. The number of nitrogens with one attached hydrogen (secondary N) is 1. The lowest BCUT2D eigenvalue weighted by Crippen LogP contribution is -2.21. The fourth-order valence-corrected chi connectivity index (χ4v) is 1.00. The highest BCUT2D eigenvalue weighted by Crippen LogP contribution is 1.89. The van der Waals surface area contributed by atoms with Gasteiger partial charge in [-0.25, -0.2) is 23.1 Å². The number of sulfonamides is 1. The largest absolute Gasteiger partial charge is 0.234 e. The summed E-state index contributed by atoms with van der Waals surface area (Å²) in [6.45, 7) is 0.178. The van der Waals surface area contributed by atoms with Crippen molar-refractivity contribution in [2.45, 2.75) is 6.54 Å². The van der Waals surface area contributed by atoms with E-state index in [9.17, 15) is 8.42 Å². The fourth-order valence-electron chi connectivity index (χ4n) is 0.590. The number of nitrogens with zero attached hydrogens (tertiary/aromatic N) is 2. The maximum Gasteiger partial charge on any atom is 0.209 e. The van der Waals surface area contributed by atoms with E-state index in [0.29, 0.717) is 5.69 Å². The monoisotopic (exact) mass is 186 g/mol. The molecule has 1 radical (unpaired) electrons. The Morgan fingerprint density at radius 2 is 2.42 bits per heavy atom. The molecule has 0 amide bonds. The predicted molar refractivity (Wildman–Crippen MR) is 42.6 cm³/mol. The van der Waals surface area contributed by atoms with Crippen LogP contribution in [0.15, 0.2) is 12.3 Å². The normalized spacial score (nSPS) is 11.4. The molecule has 0 aliphatic rings. The van der Waals surface area contributed by atoms with Crippen molar-refractivity contribution in [1.82, 2.24) is 14.7 Å². The maximum atomic E-state index is 10.6. The highest BCUT2D eigenvalue weighted by Gasteiger charge is 2.00. The molecule has 1 heterocycles. The van der Waals surface area contributed by atoms with Gasteiger partial charge in [-0.3, -0.25) is 0 Å². The zero-order chi connectivity index (χ0) is 9.03. The fraction of sp³-hybridized carbons (Fsp3) is 0.333. The molecule has 0 fully saturated rings. The summed E-state index contributed by atoms with van der Waals surface area (Å²) in [6.07, 6.45) is 4.96. The van der Waals surface area contributed by atoms with E-state index in [1.165, 1.54) is 6.20 Å². The molecule has 0 aromatic carbocycles. The first-order chi connectivity index (χ1) is 5.58. The Bertz CT molecular complexity index is 335. The summed E-state index contributed by atoms with van der Waals surface area (Å²) in [6, 6.07) is 1.62. The molecule has 0 aliphatic heterocycles. The summed E-state index contributed by atoms with van der Waals surface area (Å²) in [4.78, 5) is 7.30. The summed E-state index contributed by atoms with van der Waals surface area (Å²) >= 11 is 0. The molecule has 1 rings (SSSR count). The lowest BCUT2D eigenvalue weighted by Gasteiger charge is -1.99. The van der Waals surface area contributed by atoms with Gasteiger partial charge >= 0.3 is 0 Å². The molecule has 0 saturated heterocycles. The average molecular weight is 186 g/mol. The molecular formula is C6H8N3O2S. The third-order valence-corrected chi connectivity index (χ3v) is 1.78. The molecule has 0 atom stereocenters. The summed E-state index contributed by atoms with van der Waals surface area (Å²) in [7, 11) is -3.15. The molecule has 0 unspecified atom stereocenters. The second-order valence-electron chi connectivity index (χ2n) is 2.24. The molecule has 6 heteroatoms. The van der Waals surface area contributed by atoms with Crippen molar-refractivity contribution in [2.75, 3.05) is 6.26 Å². The maximum absolute atomic E-state index is 10.6. The summed E-state index contributed by atoms with van der Waals surface area (Å²) in [5.74, 6) is 0. The van der Waals surface area contributed by atoms with Crippen LogP contribution < -0.4 is 4.72 Å². The Hall–Kier alpha value is -1.01. The Balaban J connectivity index is 2.56. The molecule has 0 spiro atoms. The third kappa shape index (κ3) is 3.40. The van der Waals surface area contributed by atoms with Crippen LogP contribution in [-0.4, -0.2) is 24.6 Å². The van der Waals surface area contributed by atoms with Crippen molar-refractivity contribution < 1.29 is 8.42 Å². The van der Waals surface area contributed by atoms with E-state index in [1.54, 1.807) is 6.07 Å². The average Bonchev–Trinajstić information content (AvgIpc) is 2.02. The van der Waals surface area contributed by atoms with E-state index in [0.717, 1.165) is 6.26 Å². The first kappa shape index (κ1) is 9.08. The van der Waals surface area contributed by atoms with Gasteiger partial charge in [-0.15, -0.1) is 0 Å². The summed E-state index contributed by atoms with van der Waals surface area (Å²) in [5.41, 5.74) is 0.593. The number of aromatic nitrogens is 2. The minimum absolute atomic E-state index is 0.178. The third-order valence-electron chi connectivity index (χ3n) is 1.11. The lowest BCUT2D eigenvalue weighted by molar-refractivity contribution is 0.586. The Labute approximate surface area is 70.9 Å². The van der Waals surface area contributed by atoms with Gasteiger partial charge in [0.1, 0.15) is 0 Å². The number of rotatable bonds is 3. The van der Waals surface area contributed by atoms with Crippen LogP contribution in [0.1, 0.15) is 5.69 Å². The Morgan fingerprint density at radius 3 is 2.92 bits per heavy atom. The quantitative estimate of drug-likeness (QED) is 0.679. The SMILES string of the molecule is CS(=O)(=O)NCc1ccn[c]n1. The molecule has 5 nitrogen and oxygen atoms in total. The highest BCUT2D eigenvalue weighted by molar-refractivity contribution is 7.88. The van der Waals surface area contributed by atoms with Gasteiger partial charge in [0, 0.05) is 6.20 Å². The molecule has 0 bridgehead atoms. The van der Waals surface area contributed by atoms with E-state index in [2.05, 4.69) is 21.0 Å². The molecule has 0 saturated carbocycles. The molecule has 0 aliphatic carbocycles. The van der Waals surface area contributed by atoms with Crippen LogP contribution in [0.4, 0.5) is 0 Å². The van der Waals surface area contributed by atoms with Crippen LogP contribution in [-0.2, 0) is 16.6 Å². The van der Waals surface area contributed by atoms with Crippen molar-refractivity contribution in [3.63, 3.8) is 0 Å². The van der Waals surface area contributed by atoms with E-state index < -0.39 is 10.0 Å². The van der Waals surface area contributed by atoms with Gasteiger partial charge in [0.25, 0.3) is 0 Å². The van der Waals surface area contributed by atoms with Crippen molar-refractivity contribution in [2.24, 2.45) is 0 Å². The van der Waals surface area contributed by atoms with Crippen molar-refractivity contribution in [3.05, 3.63) is 24.3 Å². The van der Waals surface area contributed by atoms with Gasteiger partial charge in [-0.2, -0.15) is 0 Å². The summed E-state index contributed by atoms with van der Waals surface area (Å²) < 4.78 is 23.6. The van der Waals surface area contributed by atoms with Crippen LogP contribution in [0, 0.1) is 6.33 Å². The van der Waals surface area contributed by atoms with Gasteiger partial charge in [-0.05, 0) is 6.07 Å². The lowest BCUT2D eigenvalue weighted by atomic mass is 10.4. The standard InChI is InChI=1S/C6H8N3O2S/c1-12(10,11)9-4-6-2-3-7-5-8-6/h2-3,9H,4H2,1H3. The smallest absolute Gasteiger partial charge is 0.209 e. The van der Waals surface area contributed by atoms with Gasteiger partial charge < -0.3 is 0 Å². The van der Waals surface area contributed by atoms with E-state index in [4.69, 9.17) is 0 Å². The van der Waals surface area contributed by atoms with Gasteiger partial charge in [0.05, 0.1) is 18.5 Å². The highest BCUT2D eigenvalue weighted by atomic mass is 32.2. The minimum Gasteiger partial charge on any atom is -0.234 e. The van der Waals surface area contributed by atoms with Gasteiger partial charge in [0.15, 0.2) is 6.33 Å². The van der Waals surface area contributed by atoms with E-state index in [-0.39, 0.29) is 6.54 Å². The van der Waals surface area contributed by atoms with Gasteiger partial charge in [-0.1, -0.05) is 0 Å². The molecule has 65 valence electrons. The zero-order valence-corrected chi connectivity index (χ0v) is 7.30. The van der Waals surface area contributed by atoms with Crippen molar-refractivity contribution in [3.8, 4) is 0 Å². The van der Waals surface area contributed by atoms with Crippen molar-refractivity contribution in [1.29, 1.82) is 0 Å². The predicted octanol–water partition coefficient (Wildman–Crippen LogP) is -0.674. The minimum atomic E-state index is -3.15. The van der Waals surface area contributed by atoms with Crippen molar-refractivity contribution >= 4 is 10.0 Å². The van der Waals surface area contributed by atoms with Crippen LogP contribution in [0.25, 0.3) is 0 Å². The van der Waals surface area contributed by atoms with E-state index in [1.807, 2.05) is 0 Å². The topological polar surface area (TPSA) is 72.0 Å². The van der Waals surface area contributed by atoms with Crippen LogP contribution >= 0.6 is 0 Å². The zero-order valence-electron chi connectivity index (χ0n) is 6.48. The second kappa shape index (κ2) is 3.59. The summed E-state index contributed by atoms with van der Waals surface area (Å²) in [5, 5.41) is 0.